The Labute approximate surface area is 290 Å². The van der Waals surface area contributed by atoms with Gasteiger partial charge in [0.15, 0.2) is 0 Å². The summed E-state index contributed by atoms with van der Waals surface area (Å²) in [5, 5.41) is 7.75. The van der Waals surface area contributed by atoms with E-state index in [4.69, 9.17) is 0 Å². The number of hydrogen-bond acceptors (Lipinski definition) is 1. The summed E-state index contributed by atoms with van der Waals surface area (Å²) < 4.78 is 5.34. The Morgan fingerprint density at radius 1 is 0.367 bits per heavy atom. The number of para-hydroxylation sites is 2. The predicted octanol–water partition coefficient (Wildman–Crippen LogP) is 12.4. The van der Waals surface area contributed by atoms with Gasteiger partial charge in [-0.05, 0) is 18.2 Å². The van der Waals surface area contributed by atoms with Crippen molar-refractivity contribution in [3.05, 3.63) is 182 Å². The number of hydrogen-bond donors (Lipinski definition) is 0. The maximum Gasteiger partial charge on any atom is -0.0380 e. The van der Waals surface area contributed by atoms with Crippen LogP contribution in [0.2, 0.25) is 0 Å². The van der Waals surface area contributed by atoms with Crippen LogP contribution < -0.4 is 4.90 Å². The van der Waals surface area contributed by atoms with E-state index in [0.717, 1.165) is 22.7 Å². The van der Waals surface area contributed by atoms with Gasteiger partial charge >= 0.3 is 202 Å². The topological polar surface area (TPSA) is 8.17 Å². The van der Waals surface area contributed by atoms with Crippen LogP contribution in [0, 0.1) is 0 Å². The molecule has 8 aromatic carbocycles. The van der Waals surface area contributed by atoms with E-state index in [1.54, 1.807) is 0 Å². The van der Waals surface area contributed by atoms with Crippen molar-refractivity contribution in [3.8, 4) is 16.8 Å². The van der Waals surface area contributed by atoms with Gasteiger partial charge in [-0.1, -0.05) is 54.6 Å². The van der Waals surface area contributed by atoms with Gasteiger partial charge in [0.25, 0.3) is 0 Å². The Bertz CT molecular complexity index is 2830. The second-order valence-electron chi connectivity index (χ2n) is 12.6. The summed E-state index contributed by atoms with van der Waals surface area (Å²) in [5.41, 5.74) is 9.43. The van der Waals surface area contributed by atoms with Gasteiger partial charge in [-0.2, -0.15) is 0 Å². The summed E-state index contributed by atoms with van der Waals surface area (Å²) in [5.74, 6) is 0. The van der Waals surface area contributed by atoms with Crippen molar-refractivity contribution in [3.63, 3.8) is 0 Å². The fourth-order valence-electron chi connectivity index (χ4n) is 7.42. The second kappa shape index (κ2) is 11.4. The molecule has 0 unspecified atom stereocenters. The molecule has 230 valence electrons. The van der Waals surface area contributed by atoms with Gasteiger partial charge in [-0.25, -0.2) is 0 Å². The average molecular weight is 690 g/mol. The SMILES string of the molecule is c1ccc(-n2c3ccccc3c3ccc(N(c4ccc(-c5ccc6c(c5)[se]c5ccccc56)cc4)c4ccc5ccccc5c4)cc32)cc1. The third kappa shape index (κ3) is 4.70. The molecule has 49 heavy (non-hydrogen) atoms. The molecule has 3 heteroatoms. The van der Waals surface area contributed by atoms with Crippen LogP contribution in [-0.4, -0.2) is 19.1 Å². The zero-order valence-electron chi connectivity index (χ0n) is 26.6. The van der Waals surface area contributed by atoms with Gasteiger partial charge in [-0.15, -0.1) is 0 Å². The standard InChI is InChI=1S/C46H30N2Se/c1-2-12-35(13-3-1)48-43-16-8-6-14-39(43)40-27-25-38(30-44(40)48)47(37-24-20-31-10-4-5-11-33(31)28-37)36-22-18-32(19-23-36)34-21-26-42-41-15-7-9-17-45(41)49-46(42)29-34/h1-30H. The minimum absolute atomic E-state index is 0.343. The van der Waals surface area contributed by atoms with Crippen molar-refractivity contribution < 1.29 is 0 Å². The van der Waals surface area contributed by atoms with E-state index in [-0.39, 0.29) is 0 Å². The summed E-state index contributed by atoms with van der Waals surface area (Å²) in [4.78, 5) is 2.39. The molecule has 0 spiro atoms. The van der Waals surface area contributed by atoms with E-state index < -0.39 is 0 Å². The molecule has 2 heterocycles. The molecule has 10 aromatic rings. The van der Waals surface area contributed by atoms with Crippen LogP contribution in [0.3, 0.4) is 0 Å². The molecule has 0 saturated heterocycles. The van der Waals surface area contributed by atoms with E-state index in [1.165, 1.54) is 63.0 Å². The first-order valence-electron chi connectivity index (χ1n) is 16.7. The Hall–Kier alpha value is -5.86. The first kappa shape index (κ1) is 28.2. The van der Waals surface area contributed by atoms with Crippen molar-refractivity contribution in [2.45, 2.75) is 0 Å². The van der Waals surface area contributed by atoms with Gasteiger partial charge in [-0.3, -0.25) is 0 Å². The molecule has 0 radical (unpaired) electrons. The van der Waals surface area contributed by atoms with E-state index in [9.17, 15) is 0 Å². The molecule has 10 rings (SSSR count). The van der Waals surface area contributed by atoms with Gasteiger partial charge in [0, 0.05) is 11.1 Å². The van der Waals surface area contributed by atoms with Crippen LogP contribution in [0.25, 0.3) is 68.7 Å². The molecule has 0 aliphatic heterocycles. The number of fused-ring (bicyclic) bond motifs is 7. The van der Waals surface area contributed by atoms with Gasteiger partial charge in [0.05, 0.1) is 5.52 Å². The van der Waals surface area contributed by atoms with Crippen molar-refractivity contribution >= 4 is 83.4 Å². The molecular formula is C46H30N2Se. The largest absolute Gasteiger partial charge is 0.0602 e. The van der Waals surface area contributed by atoms with Crippen LogP contribution in [0.4, 0.5) is 17.1 Å². The molecule has 0 aliphatic rings. The Balaban J connectivity index is 1.14. The second-order valence-corrected chi connectivity index (χ2v) is 14.9. The van der Waals surface area contributed by atoms with E-state index in [0.29, 0.717) is 14.5 Å². The molecule has 0 saturated carbocycles. The number of anilines is 3. The molecule has 0 bridgehead atoms. The molecular weight excluding hydrogens is 659 g/mol. The van der Waals surface area contributed by atoms with Crippen LogP contribution in [-0.2, 0) is 0 Å². The molecule has 2 nitrogen and oxygen atoms in total. The molecule has 0 atom stereocenters. The number of nitrogens with zero attached hydrogens (tertiary/aromatic N) is 2. The van der Waals surface area contributed by atoms with Crippen LogP contribution in [0.15, 0.2) is 182 Å². The molecule has 0 amide bonds. The van der Waals surface area contributed by atoms with Crippen molar-refractivity contribution in [1.82, 2.24) is 4.57 Å². The molecule has 0 N–H and O–H groups in total. The minimum atomic E-state index is 0.343. The number of rotatable bonds is 5. The number of aromatic nitrogens is 1. The Kier molecular flexibility index (Phi) is 6.55. The van der Waals surface area contributed by atoms with E-state index >= 15 is 0 Å². The molecule has 0 fully saturated rings. The van der Waals surface area contributed by atoms with E-state index in [2.05, 4.69) is 191 Å². The molecule has 0 aliphatic carbocycles. The monoisotopic (exact) mass is 690 g/mol. The summed E-state index contributed by atoms with van der Waals surface area (Å²) >= 11 is 0.343. The third-order valence-corrected chi connectivity index (χ3v) is 12.1. The first-order valence-corrected chi connectivity index (χ1v) is 18.4. The van der Waals surface area contributed by atoms with Gasteiger partial charge < -0.3 is 0 Å². The first-order chi connectivity index (χ1) is 24.3. The van der Waals surface area contributed by atoms with Crippen LogP contribution >= 0.6 is 0 Å². The maximum absolute atomic E-state index is 2.40. The van der Waals surface area contributed by atoms with Crippen molar-refractivity contribution in [2.24, 2.45) is 0 Å². The smallest absolute Gasteiger partial charge is 0.0380 e. The van der Waals surface area contributed by atoms with Crippen LogP contribution in [0.5, 0.6) is 0 Å². The zero-order valence-corrected chi connectivity index (χ0v) is 28.3. The summed E-state index contributed by atoms with van der Waals surface area (Å²) in [6, 6.07) is 66.7. The normalized spacial score (nSPS) is 11.7. The predicted molar refractivity (Wildman–Crippen MR) is 210 cm³/mol. The van der Waals surface area contributed by atoms with Gasteiger partial charge in [0.1, 0.15) is 0 Å². The average Bonchev–Trinajstić information content (AvgIpc) is 3.70. The van der Waals surface area contributed by atoms with Gasteiger partial charge in [0.2, 0.25) is 0 Å². The van der Waals surface area contributed by atoms with Crippen molar-refractivity contribution in [1.29, 1.82) is 0 Å². The van der Waals surface area contributed by atoms with Crippen molar-refractivity contribution in [2.75, 3.05) is 4.90 Å². The fourth-order valence-corrected chi connectivity index (χ4v) is 9.83. The molecule has 2 aromatic heterocycles. The summed E-state index contributed by atoms with van der Waals surface area (Å²) in [6.45, 7) is 0. The van der Waals surface area contributed by atoms with E-state index in [1.807, 2.05) is 0 Å². The minimum Gasteiger partial charge on any atom is -0.0602 e. The Morgan fingerprint density at radius 2 is 0.980 bits per heavy atom. The fraction of sp³-hybridized carbons (Fsp3) is 0. The quantitative estimate of drug-likeness (QED) is 0.163. The summed E-state index contributed by atoms with van der Waals surface area (Å²) in [6.07, 6.45) is 0. The Morgan fingerprint density at radius 3 is 1.86 bits per heavy atom. The van der Waals surface area contributed by atoms with Crippen LogP contribution in [0.1, 0.15) is 0 Å². The summed E-state index contributed by atoms with van der Waals surface area (Å²) in [7, 11) is 0. The zero-order chi connectivity index (χ0) is 32.3. The number of benzene rings is 8. The maximum atomic E-state index is 2.40. The third-order valence-electron chi connectivity index (χ3n) is 9.76.